The van der Waals surface area contributed by atoms with Gasteiger partial charge in [0.2, 0.25) is 0 Å². The Bertz CT molecular complexity index is 177. The number of aliphatic hydroxyl groups is 2. The van der Waals surface area contributed by atoms with E-state index >= 15 is 0 Å². The van der Waals surface area contributed by atoms with Gasteiger partial charge in [0.25, 0.3) is 0 Å². The number of hydrogen-bond donors (Lipinski definition) is 2. The lowest BCUT2D eigenvalue weighted by atomic mass is 10.1. The van der Waals surface area contributed by atoms with Gasteiger partial charge in [-0.15, -0.1) is 0 Å². The summed E-state index contributed by atoms with van der Waals surface area (Å²) in [6.45, 7) is 10.2. The van der Waals surface area contributed by atoms with Gasteiger partial charge >= 0.3 is 0 Å². The number of rotatable bonds is 2. The van der Waals surface area contributed by atoms with E-state index in [1.807, 2.05) is 0 Å². The van der Waals surface area contributed by atoms with Crippen molar-refractivity contribution in [3.05, 3.63) is 35.8 Å². The second-order valence-electron chi connectivity index (χ2n) is 2.20. The van der Waals surface area contributed by atoms with Crippen molar-refractivity contribution < 1.29 is 10.2 Å². The van der Waals surface area contributed by atoms with Gasteiger partial charge in [0.1, 0.15) is 5.76 Å². The molecule has 0 fully saturated rings. The summed E-state index contributed by atoms with van der Waals surface area (Å²) < 4.78 is 0. The second kappa shape index (κ2) is 3.11. The van der Waals surface area contributed by atoms with Crippen molar-refractivity contribution >= 4 is 0 Å². The molecule has 0 saturated carbocycles. The van der Waals surface area contributed by atoms with E-state index in [1.165, 1.54) is 0 Å². The lowest BCUT2D eigenvalue weighted by molar-refractivity contribution is 0.325. The number of hydrogen-bond acceptors (Lipinski definition) is 2. The first-order chi connectivity index (χ1) is 4.46. The molecule has 0 spiro atoms. The van der Waals surface area contributed by atoms with E-state index in [1.54, 1.807) is 13.8 Å². The van der Waals surface area contributed by atoms with E-state index in [9.17, 15) is 0 Å². The Labute approximate surface area is 60.8 Å². The molecule has 0 radical (unpaired) electrons. The van der Waals surface area contributed by atoms with Gasteiger partial charge < -0.3 is 10.2 Å². The van der Waals surface area contributed by atoms with Gasteiger partial charge in [0.15, 0.2) is 5.76 Å². The molecule has 0 amide bonds. The molecule has 0 aromatic heterocycles. The van der Waals surface area contributed by atoms with Crippen molar-refractivity contribution in [2.24, 2.45) is 0 Å². The fourth-order valence-corrected chi connectivity index (χ4v) is 0.419. The summed E-state index contributed by atoms with van der Waals surface area (Å²) in [5.74, 6) is -0.506. The third kappa shape index (κ3) is 1.97. The van der Waals surface area contributed by atoms with E-state index in [0.717, 1.165) is 0 Å². The maximum Gasteiger partial charge on any atom is 0.159 e. The van der Waals surface area contributed by atoms with Crippen LogP contribution in [0.25, 0.3) is 0 Å². The lowest BCUT2D eigenvalue weighted by Crippen LogP contribution is -1.90. The topological polar surface area (TPSA) is 40.5 Å². The largest absolute Gasteiger partial charge is 0.505 e. The van der Waals surface area contributed by atoms with Gasteiger partial charge in [-0.1, -0.05) is 18.7 Å². The monoisotopic (exact) mass is 140 g/mol. The normalized spacial score (nSPS) is 12.2. The highest BCUT2D eigenvalue weighted by Crippen LogP contribution is 2.13. The van der Waals surface area contributed by atoms with Crippen LogP contribution in [0.3, 0.4) is 0 Å². The molecule has 0 rings (SSSR count). The maximum atomic E-state index is 9.03. The minimum atomic E-state index is -0.319. The first-order valence-corrected chi connectivity index (χ1v) is 2.90. The van der Waals surface area contributed by atoms with Crippen LogP contribution >= 0.6 is 0 Å². The molecule has 0 bridgehead atoms. The summed E-state index contributed by atoms with van der Waals surface area (Å²) >= 11 is 0. The van der Waals surface area contributed by atoms with Gasteiger partial charge in [-0.2, -0.15) is 0 Å². The molecule has 0 saturated heterocycles. The standard InChI is InChI=1S/C8H12O2/c1-5(2)6(3)8(10)7(4)9/h9-10H,1,4H2,2-3H3/b8-6+. The highest BCUT2D eigenvalue weighted by molar-refractivity contribution is 5.33. The smallest absolute Gasteiger partial charge is 0.159 e. The third-order valence-electron chi connectivity index (χ3n) is 1.27. The van der Waals surface area contributed by atoms with Crippen LogP contribution < -0.4 is 0 Å². The van der Waals surface area contributed by atoms with Crippen LogP contribution in [0.1, 0.15) is 13.8 Å². The predicted octanol–water partition coefficient (Wildman–Crippen LogP) is 2.47. The molecule has 2 nitrogen and oxygen atoms in total. The van der Waals surface area contributed by atoms with E-state index in [4.69, 9.17) is 10.2 Å². The molecule has 2 N–H and O–H groups in total. The molecule has 0 aromatic rings. The summed E-state index contributed by atoms with van der Waals surface area (Å²) in [6.07, 6.45) is 0. The van der Waals surface area contributed by atoms with Crippen LogP contribution in [0.5, 0.6) is 0 Å². The fraction of sp³-hybridized carbons (Fsp3) is 0.250. The van der Waals surface area contributed by atoms with Gasteiger partial charge in [-0.3, -0.25) is 0 Å². The van der Waals surface area contributed by atoms with Crippen LogP contribution in [0.2, 0.25) is 0 Å². The Balaban J connectivity index is 4.67. The minimum Gasteiger partial charge on any atom is -0.505 e. The average molecular weight is 140 g/mol. The van der Waals surface area contributed by atoms with Crippen molar-refractivity contribution in [1.82, 2.24) is 0 Å². The summed E-state index contributed by atoms with van der Waals surface area (Å²) in [5.41, 5.74) is 1.28. The van der Waals surface area contributed by atoms with E-state index in [0.29, 0.717) is 11.1 Å². The molecule has 10 heavy (non-hydrogen) atoms. The Morgan fingerprint density at radius 3 is 1.60 bits per heavy atom. The molecule has 0 aromatic carbocycles. The zero-order chi connectivity index (χ0) is 8.31. The van der Waals surface area contributed by atoms with E-state index in [2.05, 4.69) is 13.2 Å². The molecule has 0 heterocycles. The summed E-state index contributed by atoms with van der Waals surface area (Å²) in [4.78, 5) is 0. The van der Waals surface area contributed by atoms with E-state index in [-0.39, 0.29) is 11.5 Å². The van der Waals surface area contributed by atoms with Crippen molar-refractivity contribution in [2.45, 2.75) is 13.8 Å². The highest BCUT2D eigenvalue weighted by Gasteiger charge is 2.02. The van der Waals surface area contributed by atoms with Crippen LogP contribution in [0.4, 0.5) is 0 Å². The average Bonchev–Trinajstić information content (AvgIpc) is 1.84. The summed E-state index contributed by atoms with van der Waals surface area (Å²) in [7, 11) is 0. The zero-order valence-corrected chi connectivity index (χ0v) is 6.31. The number of aliphatic hydroxyl groups excluding tert-OH is 2. The molecule has 0 aliphatic carbocycles. The molecular formula is C8H12O2. The van der Waals surface area contributed by atoms with Crippen LogP contribution in [-0.2, 0) is 0 Å². The zero-order valence-electron chi connectivity index (χ0n) is 6.31. The molecule has 0 atom stereocenters. The SMILES string of the molecule is C=C(C)/C(C)=C(/O)C(=C)O. The minimum absolute atomic E-state index is 0.187. The van der Waals surface area contributed by atoms with E-state index < -0.39 is 0 Å². The Hall–Kier alpha value is -1.18. The van der Waals surface area contributed by atoms with Gasteiger partial charge in [-0.25, -0.2) is 0 Å². The molecule has 2 heteroatoms. The first kappa shape index (κ1) is 8.82. The number of allylic oxidation sites excluding steroid dienone is 2. The summed E-state index contributed by atoms with van der Waals surface area (Å²) in [5, 5.41) is 17.7. The highest BCUT2D eigenvalue weighted by atomic mass is 16.3. The molecule has 0 aliphatic heterocycles. The Morgan fingerprint density at radius 1 is 1.10 bits per heavy atom. The van der Waals surface area contributed by atoms with Crippen molar-refractivity contribution in [2.75, 3.05) is 0 Å². The summed E-state index contributed by atoms with van der Waals surface area (Å²) in [6, 6.07) is 0. The maximum absolute atomic E-state index is 9.03. The van der Waals surface area contributed by atoms with Crippen molar-refractivity contribution in [3.63, 3.8) is 0 Å². The first-order valence-electron chi connectivity index (χ1n) is 2.90. The van der Waals surface area contributed by atoms with Crippen molar-refractivity contribution in [1.29, 1.82) is 0 Å². The van der Waals surface area contributed by atoms with Crippen molar-refractivity contribution in [3.8, 4) is 0 Å². The lowest BCUT2D eigenvalue weighted by Gasteiger charge is -2.02. The fourth-order valence-electron chi connectivity index (χ4n) is 0.419. The molecule has 56 valence electrons. The molecule has 0 unspecified atom stereocenters. The van der Waals surface area contributed by atoms with Gasteiger partial charge in [-0.05, 0) is 19.4 Å². The second-order valence-corrected chi connectivity index (χ2v) is 2.20. The molecule has 0 aliphatic rings. The van der Waals surface area contributed by atoms with Crippen LogP contribution in [-0.4, -0.2) is 10.2 Å². The Morgan fingerprint density at radius 2 is 1.50 bits per heavy atom. The van der Waals surface area contributed by atoms with Crippen LogP contribution in [0, 0.1) is 0 Å². The Kier molecular flexibility index (Phi) is 2.74. The van der Waals surface area contributed by atoms with Gasteiger partial charge in [0.05, 0.1) is 0 Å². The predicted molar refractivity (Wildman–Crippen MR) is 41.9 cm³/mol. The quantitative estimate of drug-likeness (QED) is 0.457. The third-order valence-corrected chi connectivity index (χ3v) is 1.27. The van der Waals surface area contributed by atoms with Crippen LogP contribution in [0.15, 0.2) is 35.8 Å². The molecular weight excluding hydrogens is 128 g/mol. The van der Waals surface area contributed by atoms with Gasteiger partial charge in [0, 0.05) is 0 Å².